The van der Waals surface area contributed by atoms with Crippen molar-refractivity contribution < 1.29 is 0 Å². The van der Waals surface area contributed by atoms with E-state index in [2.05, 4.69) is 42.1 Å². The Morgan fingerprint density at radius 3 is 2.72 bits per heavy atom. The summed E-state index contributed by atoms with van der Waals surface area (Å²) in [6.07, 6.45) is 6.72. The van der Waals surface area contributed by atoms with Crippen LogP contribution in [0.25, 0.3) is 0 Å². The lowest BCUT2D eigenvalue weighted by atomic mass is 10.0. The summed E-state index contributed by atoms with van der Waals surface area (Å²) in [6, 6.07) is 2.79. The first-order valence-electron chi connectivity index (χ1n) is 7.25. The van der Waals surface area contributed by atoms with E-state index in [1.54, 1.807) is 6.33 Å². The number of nitrogens with zero attached hydrogens (tertiary/aromatic N) is 2. The fraction of sp³-hybridized carbons (Fsp3) is 0.733. The predicted molar refractivity (Wildman–Crippen MR) is 74.6 cm³/mol. The molecule has 0 bridgehead atoms. The van der Waals surface area contributed by atoms with Gasteiger partial charge in [0.25, 0.3) is 0 Å². The molecular formula is C15H25N3. The fourth-order valence-electron chi connectivity index (χ4n) is 2.30. The van der Waals surface area contributed by atoms with Crippen LogP contribution in [0.15, 0.2) is 12.4 Å². The van der Waals surface area contributed by atoms with Gasteiger partial charge in [0, 0.05) is 23.9 Å². The van der Waals surface area contributed by atoms with Gasteiger partial charge in [0.05, 0.1) is 0 Å². The van der Waals surface area contributed by atoms with Gasteiger partial charge in [0.2, 0.25) is 0 Å². The largest absolute Gasteiger partial charge is 0.313 e. The zero-order valence-electron chi connectivity index (χ0n) is 11.8. The smallest absolute Gasteiger partial charge is 0.115 e. The Labute approximate surface area is 110 Å². The van der Waals surface area contributed by atoms with E-state index >= 15 is 0 Å². The van der Waals surface area contributed by atoms with Crippen LogP contribution in [0.3, 0.4) is 0 Å². The van der Waals surface area contributed by atoms with Crippen molar-refractivity contribution in [2.45, 2.75) is 58.4 Å². The standard InChI is InChI=1S/C15H25N3/c1-4-7-16-15(12-5-6-12)9-13-8-14(11(2)3)18-10-17-13/h8,10-12,15-16H,4-7,9H2,1-3H3. The quantitative estimate of drug-likeness (QED) is 0.805. The van der Waals surface area contributed by atoms with E-state index in [1.807, 2.05) is 0 Å². The first kappa shape index (κ1) is 13.5. The molecule has 0 spiro atoms. The van der Waals surface area contributed by atoms with E-state index in [0.717, 1.165) is 24.6 Å². The van der Waals surface area contributed by atoms with Gasteiger partial charge in [-0.2, -0.15) is 0 Å². The highest BCUT2D eigenvalue weighted by molar-refractivity contribution is 5.13. The molecule has 1 aliphatic rings. The highest BCUT2D eigenvalue weighted by Crippen LogP contribution is 2.34. The molecule has 1 aromatic rings. The highest BCUT2D eigenvalue weighted by atomic mass is 14.9. The van der Waals surface area contributed by atoms with E-state index < -0.39 is 0 Å². The van der Waals surface area contributed by atoms with Gasteiger partial charge in [-0.05, 0) is 43.7 Å². The third-order valence-electron chi connectivity index (χ3n) is 3.61. The Bertz CT molecular complexity index is 372. The molecule has 18 heavy (non-hydrogen) atoms. The van der Waals surface area contributed by atoms with E-state index in [9.17, 15) is 0 Å². The van der Waals surface area contributed by atoms with Crippen LogP contribution < -0.4 is 5.32 Å². The molecule has 1 unspecified atom stereocenters. The fourth-order valence-corrected chi connectivity index (χ4v) is 2.30. The summed E-state index contributed by atoms with van der Waals surface area (Å²) in [5, 5.41) is 3.67. The summed E-state index contributed by atoms with van der Waals surface area (Å²) < 4.78 is 0. The lowest BCUT2D eigenvalue weighted by Crippen LogP contribution is -2.34. The summed E-state index contributed by atoms with van der Waals surface area (Å²) in [5.74, 6) is 1.35. The Balaban J connectivity index is 1.99. The van der Waals surface area contributed by atoms with Gasteiger partial charge in [-0.1, -0.05) is 20.8 Å². The number of rotatable bonds is 7. The highest BCUT2D eigenvalue weighted by Gasteiger charge is 2.30. The van der Waals surface area contributed by atoms with E-state index in [0.29, 0.717) is 12.0 Å². The van der Waals surface area contributed by atoms with Crippen LogP contribution in [0.2, 0.25) is 0 Å². The van der Waals surface area contributed by atoms with Crippen LogP contribution in [0.5, 0.6) is 0 Å². The average molecular weight is 247 g/mol. The second-order valence-corrected chi connectivity index (χ2v) is 5.69. The van der Waals surface area contributed by atoms with Crippen LogP contribution in [-0.2, 0) is 6.42 Å². The Kier molecular flexibility index (Phi) is 4.70. The minimum Gasteiger partial charge on any atom is -0.313 e. The molecule has 0 amide bonds. The number of hydrogen-bond acceptors (Lipinski definition) is 3. The normalized spacial score (nSPS) is 17.1. The topological polar surface area (TPSA) is 37.8 Å². The molecule has 3 heteroatoms. The third-order valence-corrected chi connectivity index (χ3v) is 3.61. The zero-order chi connectivity index (χ0) is 13.0. The summed E-state index contributed by atoms with van der Waals surface area (Å²) in [5.41, 5.74) is 2.35. The molecule has 0 saturated heterocycles. The van der Waals surface area contributed by atoms with Crippen molar-refractivity contribution in [3.8, 4) is 0 Å². The molecule has 1 aromatic heterocycles. The number of nitrogens with one attached hydrogen (secondary N) is 1. The zero-order valence-corrected chi connectivity index (χ0v) is 11.8. The van der Waals surface area contributed by atoms with Gasteiger partial charge >= 0.3 is 0 Å². The summed E-state index contributed by atoms with van der Waals surface area (Å²) in [4.78, 5) is 8.77. The molecule has 3 nitrogen and oxygen atoms in total. The molecular weight excluding hydrogens is 222 g/mol. The minimum atomic E-state index is 0.481. The maximum atomic E-state index is 4.43. The summed E-state index contributed by atoms with van der Waals surface area (Å²) in [6.45, 7) is 7.70. The van der Waals surface area contributed by atoms with Crippen molar-refractivity contribution in [2.24, 2.45) is 5.92 Å². The maximum Gasteiger partial charge on any atom is 0.115 e. The van der Waals surface area contributed by atoms with Crippen molar-refractivity contribution in [2.75, 3.05) is 6.54 Å². The minimum absolute atomic E-state index is 0.481. The monoisotopic (exact) mass is 247 g/mol. The van der Waals surface area contributed by atoms with Gasteiger partial charge in [-0.25, -0.2) is 9.97 Å². The molecule has 1 heterocycles. The van der Waals surface area contributed by atoms with Gasteiger partial charge in [0.1, 0.15) is 6.33 Å². The molecule has 0 aromatic carbocycles. The lowest BCUT2D eigenvalue weighted by molar-refractivity contribution is 0.455. The molecule has 1 saturated carbocycles. The molecule has 1 fully saturated rings. The van der Waals surface area contributed by atoms with Crippen molar-refractivity contribution in [3.05, 3.63) is 23.8 Å². The number of hydrogen-bond donors (Lipinski definition) is 1. The molecule has 0 aliphatic heterocycles. The van der Waals surface area contributed by atoms with Crippen LogP contribution >= 0.6 is 0 Å². The number of aromatic nitrogens is 2. The molecule has 1 N–H and O–H groups in total. The Morgan fingerprint density at radius 2 is 2.11 bits per heavy atom. The lowest BCUT2D eigenvalue weighted by Gasteiger charge is -2.18. The Hall–Kier alpha value is -0.960. The van der Waals surface area contributed by atoms with Gasteiger partial charge in [0.15, 0.2) is 0 Å². The maximum absolute atomic E-state index is 4.43. The summed E-state index contributed by atoms with van der Waals surface area (Å²) >= 11 is 0. The third kappa shape index (κ3) is 3.77. The van der Waals surface area contributed by atoms with Gasteiger partial charge in [-0.15, -0.1) is 0 Å². The molecule has 1 aliphatic carbocycles. The van der Waals surface area contributed by atoms with E-state index in [-0.39, 0.29) is 0 Å². The van der Waals surface area contributed by atoms with Crippen molar-refractivity contribution >= 4 is 0 Å². The molecule has 0 radical (unpaired) electrons. The van der Waals surface area contributed by atoms with Crippen LogP contribution in [0.1, 0.15) is 57.3 Å². The SMILES string of the molecule is CCCNC(Cc1cc(C(C)C)ncn1)C1CC1. The molecule has 1 atom stereocenters. The predicted octanol–water partition coefficient (Wildman–Crippen LogP) is 2.92. The van der Waals surface area contributed by atoms with Crippen molar-refractivity contribution in [3.63, 3.8) is 0 Å². The van der Waals surface area contributed by atoms with Crippen LogP contribution in [-0.4, -0.2) is 22.6 Å². The summed E-state index contributed by atoms with van der Waals surface area (Å²) in [7, 11) is 0. The molecule has 2 rings (SSSR count). The molecule has 100 valence electrons. The van der Waals surface area contributed by atoms with Crippen molar-refractivity contribution in [1.82, 2.24) is 15.3 Å². The van der Waals surface area contributed by atoms with Crippen LogP contribution in [0.4, 0.5) is 0 Å². The Morgan fingerprint density at radius 1 is 1.33 bits per heavy atom. The average Bonchev–Trinajstić information content (AvgIpc) is 3.19. The van der Waals surface area contributed by atoms with E-state index in [1.165, 1.54) is 25.0 Å². The first-order valence-corrected chi connectivity index (χ1v) is 7.25. The van der Waals surface area contributed by atoms with Gasteiger partial charge < -0.3 is 5.32 Å². The second kappa shape index (κ2) is 6.28. The first-order chi connectivity index (χ1) is 8.70. The second-order valence-electron chi connectivity index (χ2n) is 5.69. The van der Waals surface area contributed by atoms with E-state index in [4.69, 9.17) is 0 Å². The van der Waals surface area contributed by atoms with Crippen molar-refractivity contribution in [1.29, 1.82) is 0 Å². The van der Waals surface area contributed by atoms with Crippen LogP contribution in [0, 0.1) is 5.92 Å². The van der Waals surface area contributed by atoms with Gasteiger partial charge in [-0.3, -0.25) is 0 Å².